The molecular formula is C8H12N3O. The summed E-state index contributed by atoms with van der Waals surface area (Å²) in [7, 11) is 0. The maximum absolute atomic E-state index is 11.1. The highest BCUT2D eigenvalue weighted by molar-refractivity contribution is 6.04. The van der Waals surface area contributed by atoms with Crippen LogP contribution < -0.4 is 10.7 Å². The number of rotatable bonds is 3. The molecule has 65 valence electrons. The summed E-state index contributed by atoms with van der Waals surface area (Å²) in [5.41, 5.74) is 3.59. The smallest absolute Gasteiger partial charge is 0.225 e. The number of hydrogen-bond acceptors (Lipinski definition) is 2. The zero-order valence-corrected chi connectivity index (χ0v) is 7.08. The lowest BCUT2D eigenvalue weighted by molar-refractivity contribution is -0.119. The first-order valence-corrected chi connectivity index (χ1v) is 4.07. The number of nitrogens with one attached hydrogen (secondary N) is 1. The number of amidine groups is 1. The molecule has 0 fully saturated rings. The fourth-order valence-corrected chi connectivity index (χ4v) is 0.842. The van der Waals surface area contributed by atoms with Gasteiger partial charge in [0.1, 0.15) is 0 Å². The Morgan fingerprint density at radius 1 is 1.67 bits per heavy atom. The Morgan fingerprint density at radius 3 is 3.08 bits per heavy atom. The predicted octanol–water partition coefficient (Wildman–Crippen LogP) is 0.738. The van der Waals surface area contributed by atoms with Gasteiger partial charge >= 0.3 is 0 Å². The average molecular weight is 166 g/mol. The van der Waals surface area contributed by atoms with Gasteiger partial charge in [-0.25, -0.2) is 0 Å². The van der Waals surface area contributed by atoms with Crippen LogP contribution in [0.15, 0.2) is 17.4 Å². The molecule has 4 nitrogen and oxygen atoms in total. The first-order valence-electron chi connectivity index (χ1n) is 4.07. The van der Waals surface area contributed by atoms with Crippen molar-refractivity contribution >= 4 is 11.7 Å². The molecule has 12 heavy (non-hydrogen) atoms. The predicted molar refractivity (Wildman–Crippen MR) is 46.4 cm³/mol. The minimum absolute atomic E-state index is 0.0114. The third-order valence-corrected chi connectivity index (χ3v) is 1.49. The molecule has 0 unspecified atom stereocenters. The maximum Gasteiger partial charge on any atom is 0.225 e. The molecule has 1 N–H and O–H groups in total. The first-order chi connectivity index (χ1) is 5.83. The lowest BCUT2D eigenvalue weighted by atomic mass is 10.2. The largest absolute Gasteiger partial charge is 0.309 e. The fourth-order valence-electron chi connectivity index (χ4n) is 0.842. The molecule has 1 aliphatic rings. The monoisotopic (exact) mass is 166 g/mol. The molecule has 4 heteroatoms. The van der Waals surface area contributed by atoms with Gasteiger partial charge in [0.25, 0.3) is 0 Å². The summed E-state index contributed by atoms with van der Waals surface area (Å²) in [6.07, 6.45) is 5.72. The fraction of sp³-hybridized carbons (Fsp3) is 0.500. The third kappa shape index (κ3) is 2.74. The van der Waals surface area contributed by atoms with Crippen molar-refractivity contribution in [2.45, 2.75) is 26.2 Å². The summed E-state index contributed by atoms with van der Waals surface area (Å²) in [5, 5.41) is 6.33. The first kappa shape index (κ1) is 8.77. The van der Waals surface area contributed by atoms with E-state index in [1.54, 1.807) is 12.3 Å². The number of hydrogen-bond donors (Lipinski definition) is 1. The molecule has 0 aromatic heterocycles. The SMILES string of the molecule is CCCCC(=O)NC1=N[N]C=C1. The zero-order chi connectivity index (χ0) is 8.81. The van der Waals surface area contributed by atoms with Crippen molar-refractivity contribution in [3.8, 4) is 0 Å². The van der Waals surface area contributed by atoms with Gasteiger partial charge in [-0.3, -0.25) is 4.79 Å². The lowest BCUT2D eigenvalue weighted by Gasteiger charge is -1.99. The molecule has 1 amide bonds. The van der Waals surface area contributed by atoms with Gasteiger partial charge in [-0.2, -0.15) is 5.43 Å². The van der Waals surface area contributed by atoms with Crippen LogP contribution in [0.4, 0.5) is 0 Å². The topological polar surface area (TPSA) is 55.6 Å². The Balaban J connectivity index is 2.21. The van der Waals surface area contributed by atoms with E-state index < -0.39 is 0 Å². The van der Waals surface area contributed by atoms with Gasteiger partial charge in [0.15, 0.2) is 5.84 Å². The summed E-state index contributed by atoms with van der Waals surface area (Å²) in [6, 6.07) is 0. The van der Waals surface area contributed by atoms with Crippen molar-refractivity contribution in [1.29, 1.82) is 0 Å². The zero-order valence-electron chi connectivity index (χ0n) is 7.08. The van der Waals surface area contributed by atoms with E-state index >= 15 is 0 Å². The molecule has 0 saturated carbocycles. The second-order valence-electron chi connectivity index (χ2n) is 2.57. The maximum atomic E-state index is 11.1. The van der Waals surface area contributed by atoms with E-state index in [4.69, 9.17) is 0 Å². The number of carbonyl (C=O) groups excluding carboxylic acids is 1. The summed E-state index contributed by atoms with van der Waals surface area (Å²) in [6.45, 7) is 2.05. The van der Waals surface area contributed by atoms with Gasteiger partial charge < -0.3 is 5.32 Å². The Labute approximate surface area is 71.7 Å². The van der Waals surface area contributed by atoms with Crippen LogP contribution in [0.1, 0.15) is 26.2 Å². The summed E-state index contributed by atoms with van der Waals surface area (Å²) in [4.78, 5) is 11.1. The Bertz CT molecular complexity index is 220. The third-order valence-electron chi connectivity index (χ3n) is 1.49. The van der Waals surface area contributed by atoms with E-state index in [0.717, 1.165) is 12.8 Å². The van der Waals surface area contributed by atoms with Crippen LogP contribution in [0.3, 0.4) is 0 Å². The summed E-state index contributed by atoms with van der Waals surface area (Å²) < 4.78 is 0. The highest BCUT2D eigenvalue weighted by Gasteiger charge is 2.05. The van der Waals surface area contributed by atoms with E-state index in [1.165, 1.54) is 0 Å². The number of unbranched alkanes of at least 4 members (excludes halogenated alkanes) is 1. The van der Waals surface area contributed by atoms with E-state index in [2.05, 4.69) is 22.8 Å². The van der Waals surface area contributed by atoms with E-state index in [9.17, 15) is 4.79 Å². The van der Waals surface area contributed by atoms with Crippen molar-refractivity contribution in [3.05, 3.63) is 12.3 Å². The quantitative estimate of drug-likeness (QED) is 0.660. The molecule has 1 rings (SSSR count). The van der Waals surface area contributed by atoms with Crippen molar-refractivity contribution in [2.24, 2.45) is 5.10 Å². The Kier molecular flexibility index (Phi) is 3.32. The minimum Gasteiger partial charge on any atom is -0.309 e. The van der Waals surface area contributed by atoms with E-state index in [-0.39, 0.29) is 5.91 Å². The highest BCUT2D eigenvalue weighted by Crippen LogP contribution is 1.94. The van der Waals surface area contributed by atoms with Crippen LogP contribution in [-0.4, -0.2) is 11.7 Å². The van der Waals surface area contributed by atoms with E-state index in [0.29, 0.717) is 12.3 Å². The number of amides is 1. The number of carbonyl (C=O) groups is 1. The molecule has 0 aliphatic carbocycles. The second kappa shape index (κ2) is 4.54. The molecule has 0 atom stereocenters. The second-order valence-corrected chi connectivity index (χ2v) is 2.57. The Morgan fingerprint density at radius 2 is 2.50 bits per heavy atom. The van der Waals surface area contributed by atoms with Crippen LogP contribution in [0.2, 0.25) is 0 Å². The van der Waals surface area contributed by atoms with Gasteiger partial charge in [-0.05, 0) is 6.42 Å². The molecular weight excluding hydrogens is 154 g/mol. The molecule has 0 saturated heterocycles. The normalized spacial score (nSPS) is 13.9. The van der Waals surface area contributed by atoms with Gasteiger partial charge in [0, 0.05) is 12.5 Å². The molecule has 1 heterocycles. The molecule has 1 radical (unpaired) electrons. The molecule has 0 bridgehead atoms. The molecule has 0 aromatic rings. The summed E-state index contributed by atoms with van der Waals surface area (Å²) in [5.74, 6) is 0.549. The number of nitrogens with zero attached hydrogens (tertiary/aromatic N) is 2. The van der Waals surface area contributed by atoms with Crippen LogP contribution in [-0.2, 0) is 4.79 Å². The van der Waals surface area contributed by atoms with Crippen molar-refractivity contribution in [1.82, 2.24) is 10.7 Å². The van der Waals surface area contributed by atoms with Crippen LogP contribution in [0, 0.1) is 0 Å². The van der Waals surface area contributed by atoms with Crippen LogP contribution in [0.25, 0.3) is 0 Å². The van der Waals surface area contributed by atoms with Crippen LogP contribution in [0.5, 0.6) is 0 Å². The average Bonchev–Trinajstić information content (AvgIpc) is 2.53. The van der Waals surface area contributed by atoms with Gasteiger partial charge in [-0.1, -0.05) is 13.3 Å². The Hall–Kier alpha value is -1.32. The lowest BCUT2D eigenvalue weighted by Crippen LogP contribution is -2.28. The van der Waals surface area contributed by atoms with Crippen molar-refractivity contribution < 1.29 is 4.79 Å². The van der Waals surface area contributed by atoms with E-state index in [1.807, 2.05) is 0 Å². The van der Waals surface area contributed by atoms with Crippen molar-refractivity contribution in [3.63, 3.8) is 0 Å². The van der Waals surface area contributed by atoms with Gasteiger partial charge in [0.2, 0.25) is 5.91 Å². The molecule has 0 aromatic carbocycles. The minimum atomic E-state index is 0.0114. The standard InChI is InChI=1S/C8H12N3O/c1-2-3-4-8(12)10-7-5-6-9-11-7/h5-6H,2-4H2,1H3,(H,10,11,12). The van der Waals surface area contributed by atoms with Crippen LogP contribution >= 0.6 is 0 Å². The van der Waals surface area contributed by atoms with Crippen molar-refractivity contribution in [2.75, 3.05) is 0 Å². The van der Waals surface area contributed by atoms with Gasteiger partial charge in [0.05, 0.1) is 6.20 Å². The summed E-state index contributed by atoms with van der Waals surface area (Å²) >= 11 is 0. The molecule has 0 spiro atoms. The molecule has 1 aliphatic heterocycles. The highest BCUT2D eigenvalue weighted by atomic mass is 16.1. The van der Waals surface area contributed by atoms with Gasteiger partial charge in [-0.15, -0.1) is 5.10 Å².